The SMILES string of the molecule is O=C1CN(c2cnn(CC3CCC3)c(=O)c2Br)CCN1Cc1ccccc1C(F)(F)F. The first-order valence-electron chi connectivity index (χ1n) is 10.2. The van der Waals surface area contributed by atoms with Gasteiger partial charge in [0, 0.05) is 26.2 Å². The molecule has 166 valence electrons. The molecule has 1 aliphatic heterocycles. The van der Waals surface area contributed by atoms with Gasteiger partial charge in [0.1, 0.15) is 4.47 Å². The van der Waals surface area contributed by atoms with E-state index < -0.39 is 11.7 Å². The van der Waals surface area contributed by atoms with Crippen LogP contribution in [-0.4, -0.2) is 40.2 Å². The summed E-state index contributed by atoms with van der Waals surface area (Å²) in [5.41, 5.74) is -0.373. The molecular weight excluding hydrogens is 477 g/mol. The lowest BCUT2D eigenvalue weighted by Crippen LogP contribution is -2.50. The smallest absolute Gasteiger partial charge is 0.358 e. The van der Waals surface area contributed by atoms with E-state index in [-0.39, 0.29) is 36.7 Å². The van der Waals surface area contributed by atoms with Gasteiger partial charge in [0.15, 0.2) is 0 Å². The second-order valence-corrected chi connectivity index (χ2v) is 8.81. The van der Waals surface area contributed by atoms with Crippen molar-refractivity contribution in [3.63, 3.8) is 0 Å². The Labute approximate surface area is 185 Å². The van der Waals surface area contributed by atoms with E-state index >= 15 is 0 Å². The van der Waals surface area contributed by atoms with Crippen molar-refractivity contribution < 1.29 is 18.0 Å². The number of hydrogen-bond donors (Lipinski definition) is 0. The van der Waals surface area contributed by atoms with Crippen LogP contribution in [0.4, 0.5) is 18.9 Å². The predicted octanol–water partition coefficient (Wildman–Crippen LogP) is 3.67. The number of aromatic nitrogens is 2. The van der Waals surface area contributed by atoms with Crippen molar-refractivity contribution in [2.45, 2.75) is 38.5 Å². The first kappa shape index (κ1) is 21.9. The van der Waals surface area contributed by atoms with Crippen LogP contribution in [0.2, 0.25) is 0 Å². The third-order valence-electron chi connectivity index (χ3n) is 5.97. The van der Waals surface area contributed by atoms with Crippen LogP contribution in [0.25, 0.3) is 0 Å². The highest BCUT2D eigenvalue weighted by molar-refractivity contribution is 9.10. The van der Waals surface area contributed by atoms with Crippen LogP contribution in [0.1, 0.15) is 30.4 Å². The maximum atomic E-state index is 13.2. The molecule has 4 rings (SSSR count). The van der Waals surface area contributed by atoms with Gasteiger partial charge >= 0.3 is 6.18 Å². The molecule has 6 nitrogen and oxygen atoms in total. The van der Waals surface area contributed by atoms with Crippen LogP contribution in [0.15, 0.2) is 39.7 Å². The number of rotatable bonds is 5. The van der Waals surface area contributed by atoms with Gasteiger partial charge in [0.05, 0.1) is 24.0 Å². The Morgan fingerprint density at radius 1 is 1.13 bits per heavy atom. The molecule has 1 aromatic carbocycles. The minimum absolute atomic E-state index is 0.0272. The number of nitrogens with zero attached hydrogens (tertiary/aromatic N) is 4. The molecule has 0 N–H and O–H groups in total. The van der Waals surface area contributed by atoms with Crippen molar-refractivity contribution in [3.05, 3.63) is 56.4 Å². The normalized spacial score (nSPS) is 17.7. The zero-order chi connectivity index (χ0) is 22.2. The summed E-state index contributed by atoms with van der Waals surface area (Å²) in [7, 11) is 0. The van der Waals surface area contributed by atoms with E-state index in [0.717, 1.165) is 18.9 Å². The average Bonchev–Trinajstić information content (AvgIpc) is 2.69. The molecule has 0 spiro atoms. The molecule has 31 heavy (non-hydrogen) atoms. The molecule has 2 fully saturated rings. The Kier molecular flexibility index (Phi) is 6.09. The van der Waals surface area contributed by atoms with Crippen molar-refractivity contribution in [2.24, 2.45) is 5.92 Å². The summed E-state index contributed by atoms with van der Waals surface area (Å²) in [5.74, 6) is 0.182. The standard InChI is InChI=1S/C21H22BrF3N4O2/c22-19-17(10-26-29(20(19)31)11-14-4-3-5-14)27-8-9-28(18(30)13-27)12-15-6-1-2-7-16(15)21(23,24)25/h1-2,6-7,10,14H,3-5,8-9,11-13H2. The minimum Gasteiger partial charge on any atom is -0.358 e. The van der Waals surface area contributed by atoms with Crippen molar-refractivity contribution in [1.82, 2.24) is 14.7 Å². The highest BCUT2D eigenvalue weighted by atomic mass is 79.9. The number of alkyl halides is 3. The largest absolute Gasteiger partial charge is 0.416 e. The molecule has 1 saturated heterocycles. The lowest BCUT2D eigenvalue weighted by molar-refractivity contribution is -0.140. The van der Waals surface area contributed by atoms with E-state index in [1.165, 1.54) is 34.2 Å². The number of carbonyl (C=O) groups is 1. The molecule has 2 heterocycles. The third kappa shape index (κ3) is 4.63. The molecule has 1 saturated carbocycles. The van der Waals surface area contributed by atoms with Gasteiger partial charge in [-0.15, -0.1) is 0 Å². The predicted molar refractivity (Wildman–Crippen MR) is 113 cm³/mol. The quantitative estimate of drug-likeness (QED) is 0.630. The van der Waals surface area contributed by atoms with E-state index in [1.807, 2.05) is 0 Å². The summed E-state index contributed by atoms with van der Waals surface area (Å²) in [6.07, 6.45) is 0.481. The van der Waals surface area contributed by atoms with Crippen LogP contribution < -0.4 is 10.5 Å². The van der Waals surface area contributed by atoms with Crippen molar-refractivity contribution >= 4 is 27.5 Å². The molecular formula is C21H22BrF3N4O2. The molecule has 2 aliphatic rings. The summed E-state index contributed by atoms with van der Waals surface area (Å²) in [6.45, 7) is 1.10. The zero-order valence-electron chi connectivity index (χ0n) is 16.7. The molecule has 1 aromatic heterocycles. The molecule has 0 atom stereocenters. The minimum atomic E-state index is -4.47. The topological polar surface area (TPSA) is 58.4 Å². The van der Waals surface area contributed by atoms with Crippen LogP contribution in [0.5, 0.6) is 0 Å². The monoisotopic (exact) mass is 498 g/mol. The molecule has 0 unspecified atom stereocenters. The second kappa shape index (κ2) is 8.64. The van der Waals surface area contributed by atoms with Gasteiger partial charge in [0.25, 0.3) is 5.56 Å². The van der Waals surface area contributed by atoms with Crippen LogP contribution in [-0.2, 0) is 24.1 Å². The fourth-order valence-electron chi connectivity index (χ4n) is 3.95. The van der Waals surface area contributed by atoms with Gasteiger partial charge in [0.2, 0.25) is 5.91 Å². The highest BCUT2D eigenvalue weighted by Crippen LogP contribution is 2.33. The second-order valence-electron chi connectivity index (χ2n) is 8.02. The Hall–Kier alpha value is -2.36. The van der Waals surface area contributed by atoms with Crippen LogP contribution >= 0.6 is 15.9 Å². The highest BCUT2D eigenvalue weighted by Gasteiger charge is 2.34. The Morgan fingerprint density at radius 3 is 2.52 bits per heavy atom. The fraction of sp³-hybridized carbons (Fsp3) is 0.476. The Balaban J connectivity index is 1.46. The summed E-state index contributed by atoms with van der Waals surface area (Å²) in [5, 5.41) is 4.27. The summed E-state index contributed by atoms with van der Waals surface area (Å²) < 4.78 is 41.5. The zero-order valence-corrected chi connectivity index (χ0v) is 18.3. The molecule has 2 aromatic rings. The fourth-order valence-corrected chi connectivity index (χ4v) is 4.51. The first-order valence-corrected chi connectivity index (χ1v) is 11.0. The van der Waals surface area contributed by atoms with Crippen molar-refractivity contribution in [1.29, 1.82) is 0 Å². The number of piperazine rings is 1. The maximum absolute atomic E-state index is 13.2. The number of amides is 1. The average molecular weight is 499 g/mol. The summed E-state index contributed by atoms with van der Waals surface area (Å²) in [6, 6.07) is 5.29. The summed E-state index contributed by atoms with van der Waals surface area (Å²) >= 11 is 3.35. The van der Waals surface area contributed by atoms with E-state index in [1.54, 1.807) is 11.1 Å². The Bertz CT molecular complexity index is 1040. The molecule has 0 radical (unpaired) electrons. The van der Waals surface area contributed by atoms with E-state index in [9.17, 15) is 22.8 Å². The molecule has 0 bridgehead atoms. The molecule has 10 heteroatoms. The van der Waals surface area contributed by atoms with E-state index in [2.05, 4.69) is 21.0 Å². The van der Waals surface area contributed by atoms with Crippen LogP contribution in [0.3, 0.4) is 0 Å². The lowest BCUT2D eigenvalue weighted by atomic mass is 9.85. The molecule has 1 aliphatic carbocycles. The van der Waals surface area contributed by atoms with Gasteiger partial charge < -0.3 is 9.80 Å². The maximum Gasteiger partial charge on any atom is 0.416 e. The van der Waals surface area contributed by atoms with Crippen LogP contribution in [0, 0.1) is 5.92 Å². The van der Waals surface area contributed by atoms with E-state index in [4.69, 9.17) is 0 Å². The Morgan fingerprint density at radius 2 is 1.87 bits per heavy atom. The van der Waals surface area contributed by atoms with Gasteiger partial charge in [-0.2, -0.15) is 18.3 Å². The number of carbonyl (C=O) groups excluding carboxylic acids is 1. The van der Waals surface area contributed by atoms with Crippen molar-refractivity contribution in [2.75, 3.05) is 24.5 Å². The first-order chi connectivity index (χ1) is 14.7. The van der Waals surface area contributed by atoms with Gasteiger partial charge in [-0.05, 0) is 46.3 Å². The van der Waals surface area contributed by atoms with Gasteiger partial charge in [-0.1, -0.05) is 24.6 Å². The third-order valence-corrected chi connectivity index (χ3v) is 6.71. The van der Waals surface area contributed by atoms with E-state index in [0.29, 0.717) is 29.2 Å². The number of anilines is 1. The van der Waals surface area contributed by atoms with Gasteiger partial charge in [-0.25, -0.2) is 4.68 Å². The number of hydrogen-bond acceptors (Lipinski definition) is 4. The van der Waals surface area contributed by atoms with Crippen molar-refractivity contribution in [3.8, 4) is 0 Å². The molecule has 1 amide bonds. The number of benzene rings is 1. The lowest BCUT2D eigenvalue weighted by Gasteiger charge is -2.36. The summed E-state index contributed by atoms with van der Waals surface area (Å²) in [4.78, 5) is 28.5. The van der Waals surface area contributed by atoms with Gasteiger partial charge in [-0.3, -0.25) is 9.59 Å². The number of halogens is 4.